The molecule has 2 atom stereocenters. The number of likely N-dealkylation sites (tertiary alicyclic amines) is 1. The van der Waals surface area contributed by atoms with Gasteiger partial charge in [-0.1, -0.05) is 19.8 Å². The van der Waals surface area contributed by atoms with Gasteiger partial charge in [0, 0.05) is 41.0 Å². The van der Waals surface area contributed by atoms with Crippen LogP contribution in [0.1, 0.15) is 93.6 Å². The van der Waals surface area contributed by atoms with Crippen molar-refractivity contribution in [1.82, 2.24) is 14.9 Å². The Kier molecular flexibility index (Phi) is 9.83. The third-order valence-electron chi connectivity index (χ3n) is 8.32. The van der Waals surface area contributed by atoms with E-state index < -0.39 is 0 Å². The molecule has 1 aliphatic heterocycles. The van der Waals surface area contributed by atoms with Crippen LogP contribution >= 0.6 is 0 Å². The van der Waals surface area contributed by atoms with Crippen LogP contribution in [0.15, 0.2) is 23.5 Å². The van der Waals surface area contributed by atoms with E-state index in [0.717, 1.165) is 73.8 Å². The van der Waals surface area contributed by atoms with Crippen LogP contribution in [-0.4, -0.2) is 40.8 Å². The number of halogens is 1. The van der Waals surface area contributed by atoms with Crippen molar-refractivity contribution < 1.29 is 14.0 Å². The van der Waals surface area contributed by atoms with Crippen molar-refractivity contribution in [2.24, 2.45) is 17.1 Å². The van der Waals surface area contributed by atoms with Crippen molar-refractivity contribution in [3.8, 4) is 0 Å². The maximum Gasteiger partial charge on any atom is 0.242 e. The van der Waals surface area contributed by atoms with E-state index in [1.165, 1.54) is 50.9 Å². The number of unbranched alkanes of at least 4 members (excludes halogenated alkanes) is 3. The molecule has 8 heteroatoms. The predicted octanol–water partition coefficient (Wildman–Crippen LogP) is 6.18. The summed E-state index contributed by atoms with van der Waals surface area (Å²) >= 11 is 0. The molecule has 1 fully saturated rings. The van der Waals surface area contributed by atoms with E-state index in [2.05, 4.69) is 21.7 Å². The van der Waals surface area contributed by atoms with E-state index >= 15 is 0 Å². The molecule has 7 nitrogen and oxygen atoms in total. The van der Waals surface area contributed by atoms with Gasteiger partial charge < -0.3 is 9.47 Å². The number of rotatable bonds is 12. The van der Waals surface area contributed by atoms with Crippen LogP contribution in [-0.2, 0) is 17.8 Å². The lowest BCUT2D eigenvalue weighted by atomic mass is 9.78. The predicted molar refractivity (Wildman–Crippen MR) is 144 cm³/mol. The zero-order valence-corrected chi connectivity index (χ0v) is 22.1. The van der Waals surface area contributed by atoms with E-state index in [1.54, 1.807) is 6.07 Å². The van der Waals surface area contributed by atoms with E-state index in [4.69, 9.17) is 0 Å². The van der Waals surface area contributed by atoms with Gasteiger partial charge in [-0.2, -0.15) is 0 Å². The second-order valence-corrected chi connectivity index (χ2v) is 10.9. The van der Waals surface area contributed by atoms with E-state index in [-0.39, 0.29) is 29.8 Å². The normalized spacial score (nSPS) is 20.5. The smallest absolute Gasteiger partial charge is 0.242 e. The third kappa shape index (κ3) is 6.83. The average Bonchev–Trinajstić information content (AvgIpc) is 3.02. The highest BCUT2D eigenvalue weighted by Gasteiger charge is 2.34. The lowest BCUT2D eigenvalue weighted by molar-refractivity contribution is -0.121. The van der Waals surface area contributed by atoms with Gasteiger partial charge in [-0.25, -0.2) is 9.82 Å². The van der Waals surface area contributed by atoms with Crippen molar-refractivity contribution in [3.05, 3.63) is 40.2 Å². The Balaban J connectivity index is 1.43. The van der Waals surface area contributed by atoms with Gasteiger partial charge in [-0.05, 0) is 102 Å². The van der Waals surface area contributed by atoms with Crippen molar-refractivity contribution in [3.63, 3.8) is 0 Å². The molecule has 4 rings (SSSR count). The number of aryl methyl sites for hydroxylation is 1. The minimum atomic E-state index is -0.367. The molecule has 202 valence electrons. The zero-order valence-electron chi connectivity index (χ0n) is 22.1. The van der Waals surface area contributed by atoms with E-state index in [1.807, 2.05) is 5.43 Å². The molecule has 1 aromatic heterocycles. The highest BCUT2D eigenvalue weighted by molar-refractivity contribution is 6.11. The molecule has 1 aliphatic carbocycles. The lowest BCUT2D eigenvalue weighted by Gasteiger charge is -2.26. The van der Waals surface area contributed by atoms with E-state index in [9.17, 15) is 18.9 Å². The van der Waals surface area contributed by atoms with Gasteiger partial charge in [0.05, 0.1) is 5.29 Å². The van der Waals surface area contributed by atoms with Gasteiger partial charge in [-0.3, -0.25) is 9.59 Å². The summed E-state index contributed by atoms with van der Waals surface area (Å²) in [6, 6.07) is 4.79. The molecule has 2 aliphatic rings. The van der Waals surface area contributed by atoms with Crippen molar-refractivity contribution in [1.29, 1.82) is 0 Å². The van der Waals surface area contributed by atoms with Crippen molar-refractivity contribution in [2.75, 3.05) is 19.6 Å². The van der Waals surface area contributed by atoms with Gasteiger partial charge in [0.2, 0.25) is 5.91 Å². The standard InChI is InChI=1S/C29H41FN4O3/c1-2-3-15-33-16-7-8-21(14-18-33)19-22-10-12-26-28(29(22)36)24-20-23(30)11-13-25(24)34(26)17-6-4-5-9-27(35)31-32-37/h11,13,20-22H,2-10,12,14-19H2,1H3,(H,31,35,37). The summed E-state index contributed by atoms with van der Waals surface area (Å²) in [4.78, 5) is 38.0. The summed E-state index contributed by atoms with van der Waals surface area (Å²) < 4.78 is 16.5. The highest BCUT2D eigenvalue weighted by Crippen LogP contribution is 2.38. The number of carbonyl (C=O) groups excluding carboxylic acids is 2. The minimum absolute atomic E-state index is 0.0203. The topological polar surface area (TPSA) is 83.8 Å². The number of hydrogen-bond donors (Lipinski definition) is 1. The molecule has 0 bridgehead atoms. The van der Waals surface area contributed by atoms with Crippen molar-refractivity contribution >= 4 is 22.6 Å². The molecule has 1 amide bonds. The van der Waals surface area contributed by atoms with Crippen LogP contribution in [0, 0.1) is 22.6 Å². The molecule has 0 radical (unpaired) electrons. The van der Waals surface area contributed by atoms with Crippen LogP contribution in [0.5, 0.6) is 0 Å². The number of hydrogen-bond acceptors (Lipinski definition) is 5. The maximum absolute atomic E-state index is 14.3. The number of benzene rings is 1. The Labute approximate surface area is 219 Å². The molecule has 2 heterocycles. The fourth-order valence-corrected chi connectivity index (χ4v) is 6.35. The van der Waals surface area contributed by atoms with Crippen LogP contribution in [0.2, 0.25) is 0 Å². The third-order valence-corrected chi connectivity index (χ3v) is 8.32. The van der Waals surface area contributed by atoms with Crippen molar-refractivity contribution in [2.45, 2.75) is 90.5 Å². The summed E-state index contributed by atoms with van der Waals surface area (Å²) in [6.07, 6.45) is 11.3. The number of nitrogens with zero attached hydrogens (tertiary/aromatic N) is 3. The quantitative estimate of drug-likeness (QED) is 0.209. The monoisotopic (exact) mass is 512 g/mol. The van der Waals surface area contributed by atoms with Gasteiger partial charge >= 0.3 is 0 Å². The van der Waals surface area contributed by atoms with Gasteiger partial charge in [-0.15, -0.1) is 4.91 Å². The Morgan fingerprint density at radius 3 is 2.78 bits per heavy atom. The Morgan fingerprint density at radius 2 is 1.97 bits per heavy atom. The Bertz CT molecular complexity index is 1100. The number of Topliss-reactive ketones (excluding diaryl/α,β-unsaturated/α-hetero) is 1. The first-order valence-electron chi connectivity index (χ1n) is 14.2. The first-order chi connectivity index (χ1) is 18.0. The van der Waals surface area contributed by atoms with Crippen LogP contribution < -0.4 is 5.43 Å². The summed E-state index contributed by atoms with van der Waals surface area (Å²) in [5, 5.41) is 3.16. The fourth-order valence-electron chi connectivity index (χ4n) is 6.35. The number of amides is 1. The zero-order chi connectivity index (χ0) is 26.2. The molecule has 2 unspecified atom stereocenters. The largest absolute Gasteiger partial charge is 0.344 e. The number of fused-ring (bicyclic) bond motifs is 3. The lowest BCUT2D eigenvalue weighted by Crippen LogP contribution is -2.27. The summed E-state index contributed by atoms with van der Waals surface area (Å²) in [5.41, 5.74) is 4.62. The van der Waals surface area contributed by atoms with E-state index in [0.29, 0.717) is 12.3 Å². The summed E-state index contributed by atoms with van der Waals surface area (Å²) in [6.45, 7) is 6.45. The second kappa shape index (κ2) is 13.3. The molecule has 2 aromatic rings. The summed E-state index contributed by atoms with van der Waals surface area (Å²) in [5.74, 6) is 0.118. The van der Waals surface area contributed by atoms with Crippen LogP contribution in [0.4, 0.5) is 4.39 Å². The maximum atomic E-state index is 14.3. The number of aromatic nitrogens is 1. The highest BCUT2D eigenvalue weighted by atomic mass is 19.1. The molecular weight excluding hydrogens is 471 g/mol. The Morgan fingerprint density at radius 1 is 1.11 bits per heavy atom. The first-order valence-corrected chi connectivity index (χ1v) is 14.2. The molecule has 37 heavy (non-hydrogen) atoms. The van der Waals surface area contributed by atoms with Gasteiger partial charge in [0.1, 0.15) is 5.82 Å². The molecule has 1 saturated heterocycles. The van der Waals surface area contributed by atoms with Crippen LogP contribution in [0.25, 0.3) is 10.9 Å². The van der Waals surface area contributed by atoms with Crippen LogP contribution in [0.3, 0.4) is 0 Å². The fraction of sp³-hybridized carbons (Fsp3) is 0.655. The molecule has 0 spiro atoms. The number of ketones is 1. The molecular formula is C29H41FN4O3. The summed E-state index contributed by atoms with van der Waals surface area (Å²) in [7, 11) is 0. The SMILES string of the molecule is CCCCN1CCCC(CC2CCc3c(c4cc(F)ccc4n3CCCCCC(=O)NN=O)C2=O)CC1. The molecule has 1 N–H and O–H groups in total. The molecule has 1 aromatic carbocycles. The first kappa shape index (κ1) is 27.4. The van der Waals surface area contributed by atoms with Gasteiger partial charge in [0.25, 0.3) is 0 Å². The minimum Gasteiger partial charge on any atom is -0.344 e. The molecule has 0 saturated carbocycles. The second-order valence-electron chi connectivity index (χ2n) is 10.9. The number of nitroso groups, excluding NO2 is 1. The van der Waals surface area contributed by atoms with Gasteiger partial charge in [0.15, 0.2) is 5.78 Å². The number of nitrogens with one attached hydrogen (secondary N) is 1. The number of carbonyl (C=O) groups is 2. The Hall–Kier alpha value is -2.61. The average molecular weight is 513 g/mol.